The highest BCUT2D eigenvalue weighted by Gasteiger charge is 2.15. The van der Waals surface area contributed by atoms with Gasteiger partial charge < -0.3 is 15.5 Å². The van der Waals surface area contributed by atoms with Gasteiger partial charge in [0.1, 0.15) is 12.4 Å². The third kappa shape index (κ3) is 6.50. The number of hydrogen-bond donors (Lipinski definition) is 3. The Kier molecular flexibility index (Phi) is 7.51. The summed E-state index contributed by atoms with van der Waals surface area (Å²) < 4.78 is 13.8. The number of hydrogen-bond acceptors (Lipinski definition) is 4. The highest BCUT2D eigenvalue weighted by atomic mass is 35.5. The Morgan fingerprint density at radius 3 is 2.56 bits per heavy atom. The lowest BCUT2D eigenvalue weighted by Crippen LogP contribution is -3.09. The molecule has 144 valence electrons. The number of rotatable bonds is 9. The van der Waals surface area contributed by atoms with Crippen LogP contribution in [-0.2, 0) is 11.3 Å². The van der Waals surface area contributed by atoms with Gasteiger partial charge in [0.2, 0.25) is 0 Å². The molecule has 1 atom stereocenters. The minimum atomic E-state index is -0.461. The summed E-state index contributed by atoms with van der Waals surface area (Å²) in [5, 5.41) is 16.8. The number of likely N-dealkylation sites (N-methyl/N-ethyl adjacent to an activating group) is 1. The quantitative estimate of drug-likeness (QED) is 0.342. The van der Waals surface area contributed by atoms with Gasteiger partial charge in [0.15, 0.2) is 6.54 Å². The standard InChI is InChI=1S/C18H20ClFN4O3/c1-23(11-15-16(19)3-2-4-17(15)20)12-18(25)22-10-9-21-13-5-7-14(8-6-13)24(26)27/h2-8,21H,9-12H2,1H3,(H,22,25)/p+1. The van der Waals surface area contributed by atoms with Gasteiger partial charge in [-0.3, -0.25) is 14.9 Å². The largest absolute Gasteiger partial charge is 0.383 e. The van der Waals surface area contributed by atoms with E-state index in [0.717, 1.165) is 10.6 Å². The molecule has 3 N–H and O–H groups in total. The molecule has 0 aliphatic carbocycles. The maximum absolute atomic E-state index is 13.8. The van der Waals surface area contributed by atoms with Crippen LogP contribution in [0.5, 0.6) is 0 Å². The van der Waals surface area contributed by atoms with Crippen molar-refractivity contribution < 1.29 is 19.0 Å². The number of anilines is 1. The SMILES string of the molecule is C[NH+](CC(=O)NCCNc1ccc([N+](=O)[O-])cc1)Cc1c(F)cccc1Cl. The summed E-state index contributed by atoms with van der Waals surface area (Å²) in [4.78, 5) is 22.9. The predicted molar refractivity (Wildman–Crippen MR) is 101 cm³/mol. The van der Waals surface area contributed by atoms with Crippen LogP contribution >= 0.6 is 11.6 Å². The van der Waals surface area contributed by atoms with Gasteiger partial charge in [-0.05, 0) is 24.3 Å². The summed E-state index contributed by atoms with van der Waals surface area (Å²) in [7, 11) is 1.79. The summed E-state index contributed by atoms with van der Waals surface area (Å²) in [5.74, 6) is -0.542. The van der Waals surface area contributed by atoms with Crippen LogP contribution in [0, 0.1) is 15.9 Å². The zero-order valence-electron chi connectivity index (χ0n) is 14.8. The summed E-state index contributed by atoms with van der Waals surface area (Å²) in [6.45, 7) is 1.35. The van der Waals surface area contributed by atoms with E-state index < -0.39 is 4.92 Å². The molecule has 0 bridgehead atoms. The third-order valence-electron chi connectivity index (χ3n) is 3.86. The van der Waals surface area contributed by atoms with Crippen LogP contribution in [0.1, 0.15) is 5.56 Å². The van der Waals surface area contributed by atoms with Crippen molar-refractivity contribution in [3.8, 4) is 0 Å². The van der Waals surface area contributed by atoms with Crippen LogP contribution in [0.25, 0.3) is 0 Å². The van der Waals surface area contributed by atoms with Crippen LogP contribution in [0.4, 0.5) is 15.8 Å². The Morgan fingerprint density at radius 1 is 1.22 bits per heavy atom. The Labute approximate surface area is 161 Å². The summed E-state index contributed by atoms with van der Waals surface area (Å²) in [5.41, 5.74) is 1.14. The van der Waals surface area contributed by atoms with Crippen LogP contribution in [0.2, 0.25) is 5.02 Å². The van der Waals surface area contributed by atoms with E-state index in [1.165, 1.54) is 18.2 Å². The van der Waals surface area contributed by atoms with Crippen molar-refractivity contribution in [2.45, 2.75) is 6.54 Å². The molecule has 0 saturated heterocycles. The van der Waals surface area contributed by atoms with E-state index in [4.69, 9.17) is 11.6 Å². The predicted octanol–water partition coefficient (Wildman–Crippen LogP) is 1.63. The zero-order valence-corrected chi connectivity index (χ0v) is 15.6. The molecule has 1 amide bonds. The normalized spacial score (nSPS) is 11.7. The van der Waals surface area contributed by atoms with Gasteiger partial charge in [-0.15, -0.1) is 0 Å². The van der Waals surface area contributed by atoms with Crippen LogP contribution in [0.15, 0.2) is 42.5 Å². The number of nitrogens with zero attached hydrogens (tertiary/aromatic N) is 1. The first-order valence-corrected chi connectivity index (χ1v) is 8.74. The van der Waals surface area contributed by atoms with Crippen LogP contribution in [0.3, 0.4) is 0 Å². The van der Waals surface area contributed by atoms with Crippen molar-refractivity contribution in [1.82, 2.24) is 5.32 Å². The fourth-order valence-electron chi connectivity index (χ4n) is 2.51. The maximum atomic E-state index is 13.8. The minimum Gasteiger partial charge on any atom is -0.383 e. The molecule has 0 aliphatic heterocycles. The van der Waals surface area contributed by atoms with E-state index in [0.29, 0.717) is 30.2 Å². The molecule has 2 rings (SSSR count). The number of benzene rings is 2. The van der Waals surface area contributed by atoms with Crippen molar-refractivity contribution in [3.63, 3.8) is 0 Å². The van der Waals surface area contributed by atoms with Gasteiger partial charge in [-0.25, -0.2) is 4.39 Å². The summed E-state index contributed by atoms with van der Waals surface area (Å²) >= 11 is 6.00. The van der Waals surface area contributed by atoms with Gasteiger partial charge in [0.05, 0.1) is 22.6 Å². The van der Waals surface area contributed by atoms with E-state index in [1.54, 1.807) is 31.3 Å². The molecule has 2 aromatic carbocycles. The molecule has 0 heterocycles. The Bertz CT molecular complexity index is 781. The average molecular weight is 396 g/mol. The number of nitro groups is 1. The van der Waals surface area contributed by atoms with E-state index in [9.17, 15) is 19.3 Å². The molecule has 9 heteroatoms. The number of amides is 1. The molecule has 27 heavy (non-hydrogen) atoms. The number of nitro benzene ring substituents is 1. The number of quaternary nitrogens is 1. The molecule has 0 spiro atoms. The topological polar surface area (TPSA) is 88.7 Å². The van der Waals surface area contributed by atoms with E-state index in [1.807, 2.05) is 0 Å². The Hall–Kier alpha value is -2.71. The van der Waals surface area contributed by atoms with Gasteiger partial charge in [-0.2, -0.15) is 0 Å². The van der Waals surface area contributed by atoms with Crippen LogP contribution in [-0.4, -0.2) is 37.5 Å². The number of non-ortho nitro benzene ring substituents is 1. The molecule has 7 nitrogen and oxygen atoms in total. The number of carbonyl (C=O) groups is 1. The lowest BCUT2D eigenvalue weighted by Gasteiger charge is -2.15. The molecule has 0 saturated carbocycles. The second-order valence-corrected chi connectivity index (χ2v) is 6.50. The number of carbonyl (C=O) groups excluding carboxylic acids is 1. The fourth-order valence-corrected chi connectivity index (χ4v) is 2.74. The first-order chi connectivity index (χ1) is 12.9. The van der Waals surface area contributed by atoms with E-state index >= 15 is 0 Å². The second-order valence-electron chi connectivity index (χ2n) is 6.09. The lowest BCUT2D eigenvalue weighted by molar-refractivity contribution is -0.885. The first-order valence-electron chi connectivity index (χ1n) is 8.36. The third-order valence-corrected chi connectivity index (χ3v) is 4.21. The lowest BCUT2D eigenvalue weighted by atomic mass is 10.2. The van der Waals surface area contributed by atoms with Crippen LogP contribution < -0.4 is 15.5 Å². The molecule has 0 aliphatic rings. The van der Waals surface area contributed by atoms with E-state index in [2.05, 4.69) is 10.6 Å². The minimum absolute atomic E-state index is 0.0230. The highest BCUT2D eigenvalue weighted by molar-refractivity contribution is 6.31. The molecule has 0 aromatic heterocycles. The van der Waals surface area contributed by atoms with Gasteiger partial charge in [0, 0.05) is 30.9 Å². The fraction of sp³-hybridized carbons (Fsp3) is 0.278. The highest BCUT2D eigenvalue weighted by Crippen LogP contribution is 2.17. The maximum Gasteiger partial charge on any atom is 0.275 e. The number of halogens is 2. The Morgan fingerprint density at radius 2 is 1.93 bits per heavy atom. The van der Waals surface area contributed by atoms with Crippen molar-refractivity contribution in [1.29, 1.82) is 0 Å². The molecular formula is C18H21ClFN4O3+. The van der Waals surface area contributed by atoms with Crippen molar-refractivity contribution in [2.75, 3.05) is 32.0 Å². The molecular weight excluding hydrogens is 375 g/mol. The smallest absolute Gasteiger partial charge is 0.275 e. The van der Waals surface area contributed by atoms with E-state index in [-0.39, 0.29) is 24.0 Å². The summed E-state index contributed by atoms with van der Waals surface area (Å²) in [6.07, 6.45) is 0. The zero-order chi connectivity index (χ0) is 19.8. The van der Waals surface area contributed by atoms with Gasteiger partial charge in [-0.1, -0.05) is 17.7 Å². The van der Waals surface area contributed by atoms with Crippen molar-refractivity contribution >= 4 is 28.9 Å². The molecule has 0 fully saturated rings. The van der Waals surface area contributed by atoms with Gasteiger partial charge >= 0.3 is 0 Å². The number of nitrogens with one attached hydrogen (secondary N) is 3. The summed E-state index contributed by atoms with van der Waals surface area (Å²) in [6, 6.07) is 10.5. The molecule has 1 unspecified atom stereocenters. The monoisotopic (exact) mass is 395 g/mol. The van der Waals surface area contributed by atoms with Gasteiger partial charge in [0.25, 0.3) is 11.6 Å². The molecule has 0 radical (unpaired) electrons. The van der Waals surface area contributed by atoms with Crippen molar-refractivity contribution in [3.05, 3.63) is 69.0 Å². The Balaban J connectivity index is 1.70. The second kappa shape index (κ2) is 9.84. The van der Waals surface area contributed by atoms with Crippen molar-refractivity contribution in [2.24, 2.45) is 0 Å². The average Bonchev–Trinajstić information content (AvgIpc) is 2.62. The first kappa shape index (κ1) is 20.6. The molecule has 2 aromatic rings.